The van der Waals surface area contributed by atoms with Crippen molar-refractivity contribution < 1.29 is 19.1 Å². The van der Waals surface area contributed by atoms with Crippen LogP contribution < -0.4 is 14.9 Å². The largest absolute Gasteiger partial charge is 0.495 e. The average Bonchev–Trinajstić information content (AvgIpc) is 3.36. The minimum absolute atomic E-state index is 0.146. The highest BCUT2D eigenvalue weighted by Crippen LogP contribution is 2.43. The van der Waals surface area contributed by atoms with Gasteiger partial charge in [-0.1, -0.05) is 84.9 Å². The summed E-state index contributed by atoms with van der Waals surface area (Å²) in [6.07, 6.45) is 1.36. The van der Waals surface area contributed by atoms with E-state index in [2.05, 4.69) is 47.4 Å². The second kappa shape index (κ2) is 12.9. The molecule has 212 valence electrons. The summed E-state index contributed by atoms with van der Waals surface area (Å²) in [5.41, 5.74) is 5.16. The maximum atomic E-state index is 13.5. The zero-order chi connectivity index (χ0) is 30.0. The Bertz CT molecular complexity index is 1890. The second-order valence-electron chi connectivity index (χ2n) is 8.75. The van der Waals surface area contributed by atoms with Gasteiger partial charge < -0.3 is 14.5 Å². The number of fused-ring (bicyclic) bond motifs is 1. The Balaban J connectivity index is 1.47. The summed E-state index contributed by atoms with van der Waals surface area (Å²) < 4.78 is 12.6. The zero-order valence-corrected chi connectivity index (χ0v) is 26.9. The van der Waals surface area contributed by atoms with Gasteiger partial charge in [0.25, 0.3) is 5.91 Å². The number of hydrogen-bond acceptors (Lipinski definition) is 5. The number of esters is 1. The first-order chi connectivity index (χ1) is 20.2. The number of carbonyl (C=O) groups is 2. The minimum Gasteiger partial charge on any atom is -0.495 e. The van der Waals surface area contributed by atoms with Crippen LogP contribution in [0.2, 0.25) is 15.1 Å². The maximum Gasteiger partial charge on any atom is 0.345 e. The summed E-state index contributed by atoms with van der Waals surface area (Å²) in [4.78, 5) is 29.5. The lowest BCUT2D eigenvalue weighted by Crippen LogP contribution is -2.19. The summed E-state index contributed by atoms with van der Waals surface area (Å²) in [5.74, 6) is -0.471. The van der Waals surface area contributed by atoms with Gasteiger partial charge in [0, 0.05) is 41.1 Å². The van der Waals surface area contributed by atoms with Crippen LogP contribution >= 0.6 is 66.7 Å². The van der Waals surface area contributed by atoms with Gasteiger partial charge in [-0.05, 0) is 54.6 Å². The molecule has 1 aromatic heterocycles. The number of halogens is 5. The van der Waals surface area contributed by atoms with E-state index in [1.54, 1.807) is 43.5 Å². The van der Waals surface area contributed by atoms with E-state index < -0.39 is 11.9 Å². The van der Waals surface area contributed by atoms with Gasteiger partial charge in [0.1, 0.15) is 17.2 Å². The lowest BCUT2D eigenvalue weighted by molar-refractivity contribution is 0.0734. The molecule has 0 aliphatic heterocycles. The number of amides is 1. The van der Waals surface area contributed by atoms with Crippen LogP contribution in [0.25, 0.3) is 22.0 Å². The first-order valence-corrected chi connectivity index (χ1v) is 14.8. The van der Waals surface area contributed by atoms with Gasteiger partial charge in [-0.25, -0.2) is 10.2 Å². The fourth-order valence-corrected chi connectivity index (χ4v) is 5.88. The highest BCUT2D eigenvalue weighted by atomic mass is 79.9. The van der Waals surface area contributed by atoms with Crippen molar-refractivity contribution in [2.24, 2.45) is 5.10 Å². The average molecular weight is 751 g/mol. The first kappa shape index (κ1) is 30.1. The summed E-state index contributed by atoms with van der Waals surface area (Å²) in [7, 11) is 1.55. The molecule has 5 aromatic rings. The maximum absolute atomic E-state index is 13.5. The van der Waals surface area contributed by atoms with Gasteiger partial charge in [-0.15, -0.1) is 0 Å². The number of aromatic nitrogens is 1. The van der Waals surface area contributed by atoms with E-state index in [0.29, 0.717) is 42.5 Å². The van der Waals surface area contributed by atoms with E-state index in [1.807, 2.05) is 24.3 Å². The number of nitrogens with one attached hydrogen (secondary N) is 2. The minimum atomic E-state index is -0.681. The van der Waals surface area contributed by atoms with E-state index in [0.717, 1.165) is 9.86 Å². The molecular formula is C30H18Br2Cl3N3O4. The van der Waals surface area contributed by atoms with E-state index in [4.69, 9.17) is 44.3 Å². The molecule has 12 heteroatoms. The van der Waals surface area contributed by atoms with Crippen molar-refractivity contribution in [3.63, 3.8) is 0 Å². The fraction of sp³-hybridized carbons (Fsp3) is 0.0333. The van der Waals surface area contributed by atoms with E-state index in [9.17, 15) is 9.59 Å². The number of rotatable bonds is 7. The van der Waals surface area contributed by atoms with Crippen LogP contribution in [0.5, 0.6) is 11.5 Å². The number of methoxy groups -OCH3 is 1. The van der Waals surface area contributed by atoms with Crippen LogP contribution in [0.3, 0.4) is 0 Å². The Labute approximate surface area is 272 Å². The Morgan fingerprint density at radius 1 is 0.929 bits per heavy atom. The molecule has 0 saturated heterocycles. The Morgan fingerprint density at radius 3 is 2.43 bits per heavy atom. The third-order valence-corrected chi connectivity index (χ3v) is 8.18. The highest BCUT2D eigenvalue weighted by molar-refractivity contribution is 9.11. The highest BCUT2D eigenvalue weighted by Gasteiger charge is 2.24. The summed E-state index contributed by atoms with van der Waals surface area (Å²) in [5, 5.41) is 5.88. The molecule has 42 heavy (non-hydrogen) atoms. The molecular weight excluding hydrogens is 733 g/mol. The number of H-pyrrole nitrogens is 1. The lowest BCUT2D eigenvalue weighted by Gasteiger charge is -2.09. The molecule has 0 spiro atoms. The normalized spacial score (nSPS) is 11.2. The van der Waals surface area contributed by atoms with Crippen LogP contribution in [-0.4, -0.2) is 30.2 Å². The molecule has 0 saturated carbocycles. The number of ether oxygens (including phenoxy) is 2. The molecule has 0 radical (unpaired) electrons. The van der Waals surface area contributed by atoms with Gasteiger partial charge in [-0.3, -0.25) is 4.79 Å². The van der Waals surface area contributed by atoms with Crippen LogP contribution in [0.4, 0.5) is 0 Å². The lowest BCUT2D eigenvalue weighted by atomic mass is 10.0. The molecule has 5 rings (SSSR count). The van der Waals surface area contributed by atoms with Crippen molar-refractivity contribution in [1.29, 1.82) is 0 Å². The van der Waals surface area contributed by atoms with Crippen LogP contribution in [0.15, 0.2) is 86.8 Å². The zero-order valence-electron chi connectivity index (χ0n) is 21.5. The number of carbonyl (C=O) groups excluding carboxylic acids is 2. The van der Waals surface area contributed by atoms with E-state index >= 15 is 0 Å². The van der Waals surface area contributed by atoms with Crippen molar-refractivity contribution in [2.45, 2.75) is 0 Å². The number of nitrogens with zero attached hydrogens (tertiary/aromatic N) is 1. The molecule has 2 N–H and O–H groups in total. The van der Waals surface area contributed by atoms with E-state index in [-0.39, 0.29) is 22.0 Å². The van der Waals surface area contributed by atoms with Crippen molar-refractivity contribution in [3.05, 3.63) is 114 Å². The SMILES string of the molecule is COc1ccc(Br)c2c(-c3ccccc3Cl)c(C(=O)NN=Cc3cc(Br)ccc3OC(=O)c3ccc(Cl)cc3Cl)[nH]c12. The molecule has 0 aliphatic rings. The Morgan fingerprint density at radius 2 is 1.69 bits per heavy atom. The summed E-state index contributed by atoms with van der Waals surface area (Å²) in [6.45, 7) is 0. The summed E-state index contributed by atoms with van der Waals surface area (Å²) >= 11 is 25.7. The smallest absolute Gasteiger partial charge is 0.345 e. The number of hydrazone groups is 1. The molecule has 0 atom stereocenters. The van der Waals surface area contributed by atoms with Gasteiger partial charge >= 0.3 is 5.97 Å². The van der Waals surface area contributed by atoms with Crippen molar-refractivity contribution >= 4 is 95.7 Å². The predicted octanol–water partition coefficient (Wildman–Crippen LogP) is 9.31. The first-order valence-electron chi connectivity index (χ1n) is 12.1. The topological polar surface area (TPSA) is 92.8 Å². The molecule has 1 heterocycles. The monoisotopic (exact) mass is 747 g/mol. The number of hydrogen-bond donors (Lipinski definition) is 2. The van der Waals surface area contributed by atoms with Crippen molar-refractivity contribution in [1.82, 2.24) is 10.4 Å². The molecule has 7 nitrogen and oxygen atoms in total. The van der Waals surface area contributed by atoms with Gasteiger partial charge in [-0.2, -0.15) is 5.10 Å². The van der Waals surface area contributed by atoms with Crippen LogP contribution in [0.1, 0.15) is 26.4 Å². The summed E-state index contributed by atoms with van der Waals surface area (Å²) in [6, 6.07) is 20.3. The number of benzene rings is 4. The second-order valence-corrected chi connectivity index (χ2v) is 11.8. The Hall–Kier alpha value is -3.34. The van der Waals surface area contributed by atoms with Crippen LogP contribution in [-0.2, 0) is 0 Å². The number of aromatic amines is 1. The quantitative estimate of drug-likeness (QED) is 0.0751. The third kappa shape index (κ3) is 6.21. The van der Waals surface area contributed by atoms with Gasteiger partial charge in [0.15, 0.2) is 0 Å². The van der Waals surface area contributed by atoms with Gasteiger partial charge in [0.05, 0.1) is 29.4 Å². The molecule has 0 bridgehead atoms. The fourth-order valence-electron chi connectivity index (χ4n) is 4.25. The molecule has 0 fully saturated rings. The van der Waals surface area contributed by atoms with Crippen molar-refractivity contribution in [3.8, 4) is 22.6 Å². The molecule has 4 aromatic carbocycles. The van der Waals surface area contributed by atoms with Crippen molar-refractivity contribution in [2.75, 3.05) is 7.11 Å². The molecule has 1 amide bonds. The van der Waals surface area contributed by atoms with Crippen LogP contribution in [0, 0.1) is 0 Å². The predicted molar refractivity (Wildman–Crippen MR) is 174 cm³/mol. The standard InChI is InChI=1S/C30H18Br2Cl3N3O4/c1-41-24-11-9-20(32)26-25(18-4-2-3-5-21(18)34)28(37-27(24)26)29(39)38-36-14-15-12-16(31)6-10-23(15)42-30(40)19-8-7-17(33)13-22(19)35/h2-14,37H,1H3,(H,38,39). The van der Waals surface area contributed by atoms with Gasteiger partial charge in [0.2, 0.25) is 0 Å². The van der Waals surface area contributed by atoms with E-state index in [1.165, 1.54) is 18.3 Å². The molecule has 0 unspecified atom stereocenters. The Kier molecular flexibility index (Phi) is 9.25. The third-order valence-electron chi connectivity index (χ3n) is 6.15. The molecule has 0 aliphatic carbocycles.